The highest BCUT2D eigenvalue weighted by Crippen LogP contribution is 2.21. The molecule has 1 rings (SSSR count). The number of hydrogen-bond donors (Lipinski definition) is 1. The second kappa shape index (κ2) is 7.25. The number of methoxy groups -OCH3 is 2. The second-order valence-corrected chi connectivity index (χ2v) is 6.42. The van der Waals surface area contributed by atoms with Gasteiger partial charge < -0.3 is 14.8 Å². The van der Waals surface area contributed by atoms with Crippen LogP contribution in [0, 0.1) is 0 Å². The van der Waals surface area contributed by atoms with Crippen molar-refractivity contribution in [1.29, 1.82) is 0 Å². The predicted molar refractivity (Wildman–Crippen MR) is 74.5 cm³/mol. The highest BCUT2D eigenvalue weighted by molar-refractivity contribution is 7.92. The van der Waals surface area contributed by atoms with Crippen molar-refractivity contribution in [1.82, 2.24) is 5.32 Å². The monoisotopic (exact) mass is 301 g/mol. The minimum Gasteiger partial charge on any atom is -0.497 e. The summed E-state index contributed by atoms with van der Waals surface area (Å²) < 4.78 is 34.4. The van der Waals surface area contributed by atoms with E-state index < -0.39 is 21.0 Å². The van der Waals surface area contributed by atoms with Crippen LogP contribution in [0.15, 0.2) is 29.2 Å². The fourth-order valence-electron chi connectivity index (χ4n) is 1.54. The Labute approximate surface area is 119 Å². The lowest BCUT2D eigenvalue weighted by Crippen LogP contribution is -2.39. The van der Waals surface area contributed by atoms with E-state index in [2.05, 4.69) is 5.32 Å². The second-order valence-electron chi connectivity index (χ2n) is 4.15. The highest BCUT2D eigenvalue weighted by atomic mass is 32.2. The molecular weight excluding hydrogens is 282 g/mol. The van der Waals surface area contributed by atoms with E-state index in [4.69, 9.17) is 9.47 Å². The Morgan fingerprint density at radius 1 is 1.35 bits per heavy atom. The molecule has 0 heterocycles. The molecule has 0 saturated carbocycles. The van der Waals surface area contributed by atoms with Crippen LogP contribution in [0.2, 0.25) is 0 Å². The van der Waals surface area contributed by atoms with E-state index in [0.29, 0.717) is 12.4 Å². The molecule has 0 saturated heterocycles. The molecule has 1 amide bonds. The lowest BCUT2D eigenvalue weighted by atomic mass is 10.3. The molecule has 0 radical (unpaired) electrons. The van der Waals surface area contributed by atoms with Gasteiger partial charge in [0, 0.05) is 13.7 Å². The first kappa shape index (κ1) is 16.5. The summed E-state index contributed by atoms with van der Waals surface area (Å²) in [7, 11) is -0.787. The van der Waals surface area contributed by atoms with E-state index in [1.165, 1.54) is 33.3 Å². The molecule has 0 aliphatic heterocycles. The van der Waals surface area contributed by atoms with Crippen LogP contribution in [0.25, 0.3) is 0 Å². The third-order valence-electron chi connectivity index (χ3n) is 2.81. The van der Waals surface area contributed by atoms with Gasteiger partial charge in [0.2, 0.25) is 5.91 Å². The zero-order chi connectivity index (χ0) is 15.2. The van der Waals surface area contributed by atoms with Gasteiger partial charge in [0.05, 0.1) is 18.6 Å². The van der Waals surface area contributed by atoms with Crippen molar-refractivity contribution < 1.29 is 22.7 Å². The average molecular weight is 301 g/mol. The minimum absolute atomic E-state index is 0.0613. The van der Waals surface area contributed by atoms with Gasteiger partial charge in [-0.2, -0.15) is 0 Å². The quantitative estimate of drug-likeness (QED) is 0.747. The Morgan fingerprint density at radius 2 is 2.05 bits per heavy atom. The number of hydrogen-bond acceptors (Lipinski definition) is 5. The molecule has 0 aliphatic rings. The highest BCUT2D eigenvalue weighted by Gasteiger charge is 2.29. The van der Waals surface area contributed by atoms with Crippen LogP contribution in [0.4, 0.5) is 0 Å². The summed E-state index contributed by atoms with van der Waals surface area (Å²) in [4.78, 5) is 11.9. The number of sulfone groups is 1. The Bertz CT molecular complexity index is 556. The van der Waals surface area contributed by atoms with Gasteiger partial charge in [-0.1, -0.05) is 6.07 Å². The fraction of sp³-hybridized carbons (Fsp3) is 0.462. The van der Waals surface area contributed by atoms with Gasteiger partial charge in [-0.3, -0.25) is 4.79 Å². The molecule has 20 heavy (non-hydrogen) atoms. The van der Waals surface area contributed by atoms with Gasteiger partial charge in [0.1, 0.15) is 11.0 Å². The number of benzene rings is 1. The fourth-order valence-corrected chi connectivity index (χ4v) is 2.87. The largest absolute Gasteiger partial charge is 0.497 e. The molecule has 0 bridgehead atoms. The number of nitrogens with one attached hydrogen (secondary N) is 1. The van der Waals surface area contributed by atoms with Crippen molar-refractivity contribution in [3.63, 3.8) is 0 Å². The van der Waals surface area contributed by atoms with Gasteiger partial charge in [-0.25, -0.2) is 8.42 Å². The maximum Gasteiger partial charge on any atom is 0.238 e. The average Bonchev–Trinajstić information content (AvgIpc) is 2.46. The van der Waals surface area contributed by atoms with E-state index in [0.717, 1.165) is 0 Å². The van der Waals surface area contributed by atoms with E-state index in [1.54, 1.807) is 12.1 Å². The maximum atomic E-state index is 12.3. The van der Waals surface area contributed by atoms with Crippen molar-refractivity contribution >= 4 is 15.7 Å². The van der Waals surface area contributed by atoms with Crippen molar-refractivity contribution in [3.05, 3.63) is 24.3 Å². The smallest absolute Gasteiger partial charge is 0.238 e. The van der Waals surface area contributed by atoms with Crippen LogP contribution in [0.3, 0.4) is 0 Å². The van der Waals surface area contributed by atoms with Crippen LogP contribution < -0.4 is 10.1 Å². The standard InChI is InChI=1S/C13H19NO5S/c1-10(13(15)14-7-8-18-2)20(16,17)12-6-4-5-11(9-12)19-3/h4-6,9-10H,7-8H2,1-3H3,(H,14,15)/t10-/m1/s1. The Morgan fingerprint density at radius 3 is 2.65 bits per heavy atom. The molecule has 1 N–H and O–H groups in total. The molecule has 0 unspecified atom stereocenters. The molecule has 7 heteroatoms. The van der Waals surface area contributed by atoms with E-state index in [9.17, 15) is 13.2 Å². The summed E-state index contributed by atoms with van der Waals surface area (Å²) in [6, 6.07) is 6.05. The van der Waals surface area contributed by atoms with Gasteiger partial charge in [-0.15, -0.1) is 0 Å². The molecule has 0 fully saturated rings. The van der Waals surface area contributed by atoms with Gasteiger partial charge >= 0.3 is 0 Å². The topological polar surface area (TPSA) is 81.7 Å². The van der Waals surface area contributed by atoms with Crippen molar-refractivity contribution in [3.8, 4) is 5.75 Å². The van der Waals surface area contributed by atoms with E-state index in [-0.39, 0.29) is 11.4 Å². The molecule has 1 atom stereocenters. The Hall–Kier alpha value is -1.60. The van der Waals surface area contributed by atoms with Gasteiger partial charge in [0.25, 0.3) is 0 Å². The summed E-state index contributed by atoms with van der Waals surface area (Å²) in [6.07, 6.45) is 0. The number of carbonyl (C=O) groups excluding carboxylic acids is 1. The normalized spacial score (nSPS) is 12.8. The molecule has 0 aromatic heterocycles. The summed E-state index contributed by atoms with van der Waals surface area (Å²) in [5, 5.41) is 1.34. The molecule has 0 spiro atoms. The number of amides is 1. The van der Waals surface area contributed by atoms with Crippen molar-refractivity contribution in [2.24, 2.45) is 0 Å². The number of carbonyl (C=O) groups is 1. The first-order chi connectivity index (χ1) is 9.43. The zero-order valence-corrected chi connectivity index (χ0v) is 12.6. The SMILES string of the molecule is COCCNC(=O)[C@@H](C)S(=O)(=O)c1cccc(OC)c1. The Kier molecular flexibility index (Phi) is 5.97. The summed E-state index contributed by atoms with van der Waals surface area (Å²) in [5.74, 6) is -0.122. The van der Waals surface area contributed by atoms with E-state index in [1.807, 2.05) is 0 Å². The Balaban J connectivity index is 2.88. The number of ether oxygens (including phenoxy) is 2. The van der Waals surface area contributed by atoms with Crippen LogP contribution in [-0.4, -0.2) is 46.9 Å². The van der Waals surface area contributed by atoms with Gasteiger partial charge in [0.15, 0.2) is 9.84 Å². The summed E-state index contributed by atoms with van der Waals surface area (Å²) in [5.41, 5.74) is 0. The van der Waals surface area contributed by atoms with Crippen LogP contribution in [0.5, 0.6) is 5.75 Å². The molecule has 0 aliphatic carbocycles. The van der Waals surface area contributed by atoms with Crippen LogP contribution >= 0.6 is 0 Å². The minimum atomic E-state index is -3.74. The summed E-state index contributed by atoms with van der Waals surface area (Å²) in [6.45, 7) is 1.96. The zero-order valence-electron chi connectivity index (χ0n) is 11.8. The number of rotatable bonds is 7. The summed E-state index contributed by atoms with van der Waals surface area (Å²) >= 11 is 0. The first-order valence-corrected chi connectivity index (χ1v) is 7.62. The maximum absolute atomic E-state index is 12.3. The third-order valence-corrected chi connectivity index (χ3v) is 4.87. The van der Waals surface area contributed by atoms with Crippen molar-refractivity contribution in [2.75, 3.05) is 27.4 Å². The third kappa shape index (κ3) is 3.94. The molecule has 1 aromatic carbocycles. The molecule has 1 aromatic rings. The van der Waals surface area contributed by atoms with Crippen molar-refractivity contribution in [2.45, 2.75) is 17.1 Å². The van der Waals surface area contributed by atoms with E-state index >= 15 is 0 Å². The lowest BCUT2D eigenvalue weighted by Gasteiger charge is -2.13. The lowest BCUT2D eigenvalue weighted by molar-refractivity contribution is -0.120. The van der Waals surface area contributed by atoms with Gasteiger partial charge in [-0.05, 0) is 25.1 Å². The molecule has 6 nitrogen and oxygen atoms in total. The molecule has 112 valence electrons. The van der Waals surface area contributed by atoms with Crippen LogP contribution in [0.1, 0.15) is 6.92 Å². The predicted octanol–water partition coefficient (Wildman–Crippen LogP) is 0.620. The first-order valence-electron chi connectivity index (χ1n) is 6.08. The van der Waals surface area contributed by atoms with Crippen LogP contribution in [-0.2, 0) is 19.4 Å². The molecular formula is C13H19NO5S.